The molecular formula is C16H22N2O2. The number of nitrogens with zero attached hydrogens (tertiary/aromatic N) is 1. The van der Waals surface area contributed by atoms with Crippen molar-refractivity contribution in [3.05, 3.63) is 12.2 Å². The van der Waals surface area contributed by atoms with Crippen LogP contribution < -0.4 is 5.32 Å². The van der Waals surface area contributed by atoms with Crippen molar-refractivity contribution in [1.29, 1.82) is 0 Å². The van der Waals surface area contributed by atoms with E-state index < -0.39 is 6.04 Å². The predicted octanol–water partition coefficient (Wildman–Crippen LogP) is 2.18. The zero-order chi connectivity index (χ0) is 13.9. The Morgan fingerprint density at radius 2 is 1.75 bits per heavy atom. The molecule has 4 heteroatoms. The van der Waals surface area contributed by atoms with Crippen molar-refractivity contribution in [1.82, 2.24) is 5.32 Å². The largest absolute Gasteiger partial charge is 0.351 e. The minimum absolute atomic E-state index is 0.0493. The normalized spacial score (nSPS) is 27.0. The second kappa shape index (κ2) is 5.90. The summed E-state index contributed by atoms with van der Waals surface area (Å²) in [6.07, 6.45) is 12.5. The minimum Gasteiger partial charge on any atom is -0.351 e. The van der Waals surface area contributed by atoms with Crippen LogP contribution in [0.25, 0.3) is 0 Å². The van der Waals surface area contributed by atoms with Crippen LogP contribution in [0.1, 0.15) is 51.4 Å². The topological polar surface area (TPSA) is 58.5 Å². The van der Waals surface area contributed by atoms with Gasteiger partial charge in [-0.3, -0.25) is 14.6 Å². The summed E-state index contributed by atoms with van der Waals surface area (Å²) < 4.78 is 0. The Morgan fingerprint density at radius 1 is 1.05 bits per heavy atom. The first-order valence-corrected chi connectivity index (χ1v) is 7.84. The first-order chi connectivity index (χ1) is 9.74. The molecule has 108 valence electrons. The van der Waals surface area contributed by atoms with E-state index in [1.165, 1.54) is 25.7 Å². The molecule has 3 aliphatic rings. The Hall–Kier alpha value is -1.45. The van der Waals surface area contributed by atoms with Crippen molar-refractivity contribution < 1.29 is 9.59 Å². The lowest BCUT2D eigenvalue weighted by atomic mass is 10.1. The van der Waals surface area contributed by atoms with Gasteiger partial charge in [-0.1, -0.05) is 25.7 Å². The number of hydrogen-bond donors (Lipinski definition) is 1. The zero-order valence-electron chi connectivity index (χ0n) is 11.8. The molecule has 2 aliphatic carbocycles. The molecule has 1 N–H and O–H groups in total. The van der Waals surface area contributed by atoms with Gasteiger partial charge in [0, 0.05) is 12.0 Å². The van der Waals surface area contributed by atoms with Crippen LogP contribution in [0.15, 0.2) is 17.1 Å². The molecule has 3 rings (SSSR count). The molecule has 1 heterocycles. The Balaban J connectivity index is 1.55. The number of carbonyl (C=O) groups excluding carboxylic acids is 2. The van der Waals surface area contributed by atoms with Crippen LogP contribution >= 0.6 is 0 Å². The highest BCUT2D eigenvalue weighted by Gasteiger charge is 2.34. The summed E-state index contributed by atoms with van der Waals surface area (Å²) in [4.78, 5) is 28.4. The van der Waals surface area contributed by atoms with E-state index in [2.05, 4.69) is 10.3 Å². The summed E-state index contributed by atoms with van der Waals surface area (Å²) in [5, 5.41) is 3.10. The minimum atomic E-state index is -0.490. The van der Waals surface area contributed by atoms with Crippen LogP contribution in [0.2, 0.25) is 0 Å². The van der Waals surface area contributed by atoms with Gasteiger partial charge in [-0.05, 0) is 37.8 Å². The first kappa shape index (κ1) is 13.5. The van der Waals surface area contributed by atoms with E-state index in [0.717, 1.165) is 25.7 Å². The molecule has 0 spiro atoms. The molecule has 0 saturated heterocycles. The molecule has 1 amide bonds. The van der Waals surface area contributed by atoms with Crippen molar-refractivity contribution in [3.8, 4) is 0 Å². The fourth-order valence-corrected chi connectivity index (χ4v) is 2.97. The lowest BCUT2D eigenvalue weighted by molar-refractivity contribution is -0.122. The highest BCUT2D eigenvalue weighted by atomic mass is 16.2. The van der Waals surface area contributed by atoms with Gasteiger partial charge in [-0.15, -0.1) is 0 Å². The maximum absolute atomic E-state index is 12.2. The van der Waals surface area contributed by atoms with Crippen LogP contribution in [0.5, 0.6) is 0 Å². The lowest BCUT2D eigenvalue weighted by Gasteiger charge is -2.17. The van der Waals surface area contributed by atoms with E-state index >= 15 is 0 Å². The van der Waals surface area contributed by atoms with Gasteiger partial charge < -0.3 is 5.32 Å². The highest BCUT2D eigenvalue weighted by Crippen LogP contribution is 2.31. The maximum atomic E-state index is 12.2. The summed E-state index contributed by atoms with van der Waals surface area (Å²) >= 11 is 0. The lowest BCUT2D eigenvalue weighted by Crippen LogP contribution is -2.39. The molecule has 20 heavy (non-hydrogen) atoms. The van der Waals surface area contributed by atoms with E-state index in [1.54, 1.807) is 12.2 Å². The number of ketones is 1. The van der Waals surface area contributed by atoms with E-state index in [-0.39, 0.29) is 23.7 Å². The molecule has 0 aromatic carbocycles. The second-order valence-electron chi connectivity index (χ2n) is 6.15. The fourth-order valence-electron chi connectivity index (χ4n) is 2.97. The number of hydrogen-bond acceptors (Lipinski definition) is 3. The predicted molar refractivity (Wildman–Crippen MR) is 77.7 cm³/mol. The SMILES string of the molecule is O=C(C1=NC(C(=O)NC2CCCCCC2)C=C1)C1CC1. The number of rotatable bonds is 4. The summed E-state index contributed by atoms with van der Waals surface area (Å²) in [5.41, 5.74) is 0.494. The van der Waals surface area contributed by atoms with Gasteiger partial charge in [0.2, 0.25) is 5.91 Å². The van der Waals surface area contributed by atoms with Gasteiger partial charge in [-0.25, -0.2) is 0 Å². The van der Waals surface area contributed by atoms with Gasteiger partial charge >= 0.3 is 0 Å². The molecule has 0 bridgehead atoms. The van der Waals surface area contributed by atoms with E-state index in [0.29, 0.717) is 5.71 Å². The average molecular weight is 274 g/mol. The van der Waals surface area contributed by atoms with Crippen LogP contribution in [0.4, 0.5) is 0 Å². The Labute approximate surface area is 119 Å². The summed E-state index contributed by atoms with van der Waals surface area (Å²) in [6, 6.07) is -0.201. The summed E-state index contributed by atoms with van der Waals surface area (Å²) in [6.45, 7) is 0. The molecule has 1 atom stereocenters. The van der Waals surface area contributed by atoms with E-state index in [4.69, 9.17) is 0 Å². The Bertz CT molecular complexity index is 455. The van der Waals surface area contributed by atoms with E-state index in [9.17, 15) is 9.59 Å². The third-order valence-corrected chi connectivity index (χ3v) is 4.39. The van der Waals surface area contributed by atoms with Crippen molar-refractivity contribution >= 4 is 17.4 Å². The number of amides is 1. The van der Waals surface area contributed by atoms with Crippen LogP contribution in [0.3, 0.4) is 0 Å². The smallest absolute Gasteiger partial charge is 0.249 e. The second-order valence-corrected chi connectivity index (χ2v) is 6.15. The standard InChI is InChI=1S/C16H22N2O2/c19-15(11-7-8-11)13-9-10-14(18-13)16(20)17-12-5-3-1-2-4-6-12/h9-12,14H,1-8H2,(H,17,20). The van der Waals surface area contributed by atoms with Crippen molar-refractivity contribution in [2.24, 2.45) is 10.9 Å². The molecule has 4 nitrogen and oxygen atoms in total. The molecule has 1 unspecified atom stereocenters. The average Bonchev–Trinajstić information content (AvgIpc) is 3.22. The quantitative estimate of drug-likeness (QED) is 0.799. The van der Waals surface area contributed by atoms with Crippen molar-refractivity contribution in [2.75, 3.05) is 0 Å². The monoisotopic (exact) mass is 274 g/mol. The summed E-state index contributed by atoms with van der Waals surface area (Å²) in [7, 11) is 0. The van der Waals surface area contributed by atoms with Crippen LogP contribution in [0, 0.1) is 5.92 Å². The van der Waals surface area contributed by atoms with Crippen LogP contribution in [-0.2, 0) is 9.59 Å². The molecular weight excluding hydrogens is 252 g/mol. The molecule has 0 aromatic rings. The van der Waals surface area contributed by atoms with Gasteiger partial charge in [0.15, 0.2) is 5.78 Å². The number of nitrogens with one attached hydrogen (secondary N) is 1. The van der Waals surface area contributed by atoms with E-state index in [1.807, 2.05) is 0 Å². The van der Waals surface area contributed by atoms with Gasteiger partial charge in [-0.2, -0.15) is 0 Å². The fraction of sp³-hybridized carbons (Fsp3) is 0.688. The third kappa shape index (κ3) is 3.17. The number of allylic oxidation sites excluding steroid dienone is 1. The van der Waals surface area contributed by atoms with Gasteiger partial charge in [0.25, 0.3) is 0 Å². The molecule has 2 fully saturated rings. The molecule has 1 aliphatic heterocycles. The van der Waals surface area contributed by atoms with Crippen LogP contribution in [-0.4, -0.2) is 29.5 Å². The maximum Gasteiger partial charge on any atom is 0.249 e. The first-order valence-electron chi connectivity index (χ1n) is 7.84. The molecule has 2 saturated carbocycles. The Morgan fingerprint density at radius 3 is 2.40 bits per heavy atom. The number of Topliss-reactive ketones (excluding diaryl/α,β-unsaturated/α-hetero) is 1. The molecule has 0 aromatic heterocycles. The van der Waals surface area contributed by atoms with Crippen molar-refractivity contribution in [3.63, 3.8) is 0 Å². The molecule has 0 radical (unpaired) electrons. The zero-order valence-corrected chi connectivity index (χ0v) is 11.8. The number of aliphatic imine (C=N–C) groups is 1. The van der Waals surface area contributed by atoms with Gasteiger partial charge in [0.1, 0.15) is 11.8 Å². The number of carbonyl (C=O) groups is 2. The summed E-state index contributed by atoms with van der Waals surface area (Å²) in [5.74, 6) is 0.236. The third-order valence-electron chi connectivity index (χ3n) is 4.39. The van der Waals surface area contributed by atoms with Crippen molar-refractivity contribution in [2.45, 2.75) is 63.5 Å². The highest BCUT2D eigenvalue weighted by molar-refractivity contribution is 6.46. The Kier molecular flexibility index (Phi) is 3.99. The van der Waals surface area contributed by atoms with Gasteiger partial charge in [0.05, 0.1) is 0 Å².